The van der Waals surface area contributed by atoms with Crippen LogP contribution in [-0.4, -0.2) is 30.3 Å². The molecule has 1 unspecified atom stereocenters. The lowest BCUT2D eigenvalue weighted by atomic mass is 10.2. The standard InChI is InChI=1S/C9H19NO/c1-5-8(2)10(4)7-6-9(3)11/h8H,5-7H2,1-4H3. The highest BCUT2D eigenvalue weighted by Crippen LogP contribution is 2.00. The van der Waals surface area contributed by atoms with Gasteiger partial charge in [0.1, 0.15) is 5.78 Å². The summed E-state index contributed by atoms with van der Waals surface area (Å²) in [5, 5.41) is 0. The number of nitrogens with zero attached hydrogens (tertiary/aromatic N) is 1. The van der Waals surface area contributed by atoms with Crippen LogP contribution in [0.1, 0.15) is 33.6 Å². The monoisotopic (exact) mass is 157 g/mol. The summed E-state index contributed by atoms with van der Waals surface area (Å²) in [5.41, 5.74) is 0. The Morgan fingerprint density at radius 2 is 2.09 bits per heavy atom. The fourth-order valence-electron chi connectivity index (χ4n) is 0.866. The minimum absolute atomic E-state index is 0.278. The molecule has 0 radical (unpaired) electrons. The fraction of sp³-hybridized carbons (Fsp3) is 0.889. The number of hydrogen-bond donors (Lipinski definition) is 0. The normalized spacial score (nSPS) is 13.5. The van der Waals surface area contributed by atoms with Crippen molar-refractivity contribution in [1.82, 2.24) is 4.90 Å². The number of carbonyl (C=O) groups is 1. The van der Waals surface area contributed by atoms with Crippen molar-refractivity contribution in [2.24, 2.45) is 0 Å². The first-order valence-corrected chi connectivity index (χ1v) is 4.27. The molecule has 2 nitrogen and oxygen atoms in total. The van der Waals surface area contributed by atoms with Crippen LogP contribution in [0.5, 0.6) is 0 Å². The number of hydrogen-bond acceptors (Lipinski definition) is 2. The molecule has 0 heterocycles. The Labute approximate surface area is 69.6 Å². The number of ketones is 1. The minimum atomic E-state index is 0.278. The largest absolute Gasteiger partial charge is 0.303 e. The summed E-state index contributed by atoms with van der Waals surface area (Å²) in [6, 6.07) is 0.592. The molecule has 11 heavy (non-hydrogen) atoms. The van der Waals surface area contributed by atoms with Crippen LogP contribution in [-0.2, 0) is 4.79 Å². The molecular weight excluding hydrogens is 138 g/mol. The van der Waals surface area contributed by atoms with Gasteiger partial charge in [0, 0.05) is 19.0 Å². The molecule has 0 rings (SSSR count). The van der Waals surface area contributed by atoms with Crippen molar-refractivity contribution in [2.45, 2.75) is 39.7 Å². The fourth-order valence-corrected chi connectivity index (χ4v) is 0.866. The lowest BCUT2D eigenvalue weighted by molar-refractivity contribution is -0.117. The van der Waals surface area contributed by atoms with E-state index in [4.69, 9.17) is 0 Å². The Morgan fingerprint density at radius 3 is 2.45 bits per heavy atom. The summed E-state index contributed by atoms with van der Waals surface area (Å²) in [7, 11) is 2.07. The van der Waals surface area contributed by atoms with Gasteiger partial charge < -0.3 is 4.90 Å². The van der Waals surface area contributed by atoms with Gasteiger partial charge in [0.25, 0.3) is 0 Å². The highest BCUT2D eigenvalue weighted by Gasteiger charge is 2.06. The Morgan fingerprint density at radius 1 is 1.55 bits per heavy atom. The van der Waals surface area contributed by atoms with Crippen molar-refractivity contribution >= 4 is 5.78 Å². The molecule has 0 aromatic carbocycles. The predicted molar refractivity (Wildman–Crippen MR) is 47.7 cm³/mol. The molecule has 0 saturated heterocycles. The van der Waals surface area contributed by atoms with E-state index in [0.29, 0.717) is 12.5 Å². The molecule has 0 aromatic rings. The second-order valence-corrected chi connectivity index (χ2v) is 3.19. The Hall–Kier alpha value is -0.370. The SMILES string of the molecule is CCC(C)N(C)CCC(C)=O. The van der Waals surface area contributed by atoms with E-state index in [1.807, 2.05) is 0 Å². The van der Waals surface area contributed by atoms with Crippen LogP contribution in [0, 0.1) is 0 Å². The molecule has 66 valence electrons. The van der Waals surface area contributed by atoms with Crippen LogP contribution in [0.3, 0.4) is 0 Å². The van der Waals surface area contributed by atoms with Crippen molar-refractivity contribution in [1.29, 1.82) is 0 Å². The second kappa shape index (κ2) is 5.30. The van der Waals surface area contributed by atoms with E-state index in [0.717, 1.165) is 13.0 Å². The van der Waals surface area contributed by atoms with E-state index >= 15 is 0 Å². The van der Waals surface area contributed by atoms with E-state index in [2.05, 4.69) is 25.8 Å². The van der Waals surface area contributed by atoms with Crippen molar-refractivity contribution in [3.63, 3.8) is 0 Å². The third-order valence-corrected chi connectivity index (χ3v) is 2.16. The van der Waals surface area contributed by atoms with Crippen molar-refractivity contribution in [2.75, 3.05) is 13.6 Å². The summed E-state index contributed by atoms with van der Waals surface area (Å²) in [6.45, 7) is 6.88. The van der Waals surface area contributed by atoms with Gasteiger partial charge in [0.05, 0.1) is 0 Å². The third-order valence-electron chi connectivity index (χ3n) is 2.16. The van der Waals surface area contributed by atoms with Crippen LogP contribution in [0.25, 0.3) is 0 Å². The average molecular weight is 157 g/mol. The zero-order valence-electron chi connectivity index (χ0n) is 8.05. The van der Waals surface area contributed by atoms with Crippen molar-refractivity contribution in [3.8, 4) is 0 Å². The zero-order valence-corrected chi connectivity index (χ0v) is 8.05. The first-order chi connectivity index (χ1) is 5.07. The highest BCUT2D eigenvalue weighted by atomic mass is 16.1. The maximum Gasteiger partial charge on any atom is 0.131 e. The maximum atomic E-state index is 10.6. The summed E-state index contributed by atoms with van der Waals surface area (Å²) in [6.07, 6.45) is 1.83. The van der Waals surface area contributed by atoms with Crippen molar-refractivity contribution < 1.29 is 4.79 Å². The van der Waals surface area contributed by atoms with Crippen LogP contribution in [0.15, 0.2) is 0 Å². The molecule has 0 aliphatic carbocycles. The quantitative estimate of drug-likeness (QED) is 0.605. The Balaban J connectivity index is 3.51. The van der Waals surface area contributed by atoms with Crippen LogP contribution >= 0.6 is 0 Å². The van der Waals surface area contributed by atoms with Gasteiger partial charge in [0.15, 0.2) is 0 Å². The van der Waals surface area contributed by atoms with Gasteiger partial charge >= 0.3 is 0 Å². The number of Topliss-reactive ketones (excluding diaryl/α,β-unsaturated/α-hetero) is 1. The second-order valence-electron chi connectivity index (χ2n) is 3.19. The van der Waals surface area contributed by atoms with E-state index in [9.17, 15) is 4.79 Å². The summed E-state index contributed by atoms with van der Waals surface area (Å²) < 4.78 is 0. The lowest BCUT2D eigenvalue weighted by Gasteiger charge is -2.22. The predicted octanol–water partition coefficient (Wildman–Crippen LogP) is 1.70. The first kappa shape index (κ1) is 10.6. The van der Waals surface area contributed by atoms with Gasteiger partial charge in [-0.3, -0.25) is 4.79 Å². The number of rotatable bonds is 5. The molecule has 0 aromatic heterocycles. The summed E-state index contributed by atoms with van der Waals surface area (Å²) in [5.74, 6) is 0.278. The highest BCUT2D eigenvalue weighted by molar-refractivity contribution is 5.75. The topological polar surface area (TPSA) is 20.3 Å². The van der Waals surface area contributed by atoms with Gasteiger partial charge in [0.2, 0.25) is 0 Å². The zero-order chi connectivity index (χ0) is 8.85. The van der Waals surface area contributed by atoms with Crippen molar-refractivity contribution in [3.05, 3.63) is 0 Å². The van der Waals surface area contributed by atoms with Gasteiger partial charge in [-0.25, -0.2) is 0 Å². The first-order valence-electron chi connectivity index (χ1n) is 4.27. The molecule has 0 aliphatic rings. The summed E-state index contributed by atoms with van der Waals surface area (Å²) >= 11 is 0. The Kier molecular flexibility index (Phi) is 5.12. The molecule has 0 amide bonds. The molecule has 0 spiro atoms. The molecule has 1 atom stereocenters. The molecule has 0 fully saturated rings. The third kappa shape index (κ3) is 4.96. The Bertz CT molecular complexity index is 123. The average Bonchev–Trinajstić information content (AvgIpc) is 1.98. The van der Waals surface area contributed by atoms with E-state index in [-0.39, 0.29) is 5.78 Å². The van der Waals surface area contributed by atoms with Gasteiger partial charge in [-0.15, -0.1) is 0 Å². The van der Waals surface area contributed by atoms with Crippen LogP contribution in [0.4, 0.5) is 0 Å². The smallest absolute Gasteiger partial charge is 0.131 e. The molecule has 2 heteroatoms. The van der Waals surface area contributed by atoms with Crippen LogP contribution in [0.2, 0.25) is 0 Å². The maximum absolute atomic E-state index is 10.6. The van der Waals surface area contributed by atoms with E-state index in [1.165, 1.54) is 0 Å². The molecule has 0 N–H and O–H groups in total. The lowest BCUT2D eigenvalue weighted by Crippen LogP contribution is -2.30. The molecular formula is C9H19NO. The molecule has 0 saturated carbocycles. The minimum Gasteiger partial charge on any atom is -0.303 e. The number of carbonyl (C=O) groups excluding carboxylic acids is 1. The molecule has 0 aliphatic heterocycles. The van der Waals surface area contributed by atoms with E-state index < -0.39 is 0 Å². The molecule has 0 bridgehead atoms. The van der Waals surface area contributed by atoms with Crippen LogP contribution < -0.4 is 0 Å². The van der Waals surface area contributed by atoms with Gasteiger partial charge in [-0.05, 0) is 27.3 Å². The van der Waals surface area contributed by atoms with Gasteiger partial charge in [-0.1, -0.05) is 6.92 Å². The van der Waals surface area contributed by atoms with E-state index in [1.54, 1.807) is 6.92 Å². The van der Waals surface area contributed by atoms with Gasteiger partial charge in [-0.2, -0.15) is 0 Å². The summed E-state index contributed by atoms with van der Waals surface area (Å²) in [4.78, 5) is 12.9.